The molecule has 0 saturated heterocycles. The maximum atomic E-state index is 10.3. The van der Waals surface area contributed by atoms with Crippen LogP contribution in [0, 0.1) is 0 Å². The topological polar surface area (TPSA) is 92.8 Å². The number of phenols is 1. The molecule has 0 amide bonds. The first-order valence-electron chi connectivity index (χ1n) is 4.36. The zero-order valence-electron chi connectivity index (χ0n) is 8.60. The predicted molar refractivity (Wildman–Crippen MR) is 58.0 cm³/mol. The lowest BCUT2D eigenvalue weighted by atomic mass is 10.1. The molecule has 0 heterocycles. The van der Waals surface area contributed by atoms with Crippen molar-refractivity contribution in [2.45, 2.75) is 0 Å². The zero-order chi connectivity index (χ0) is 12.1. The summed E-state index contributed by atoms with van der Waals surface area (Å²) in [6, 6.07) is 4.37. The first-order chi connectivity index (χ1) is 7.52. The van der Waals surface area contributed by atoms with Gasteiger partial charge in [-0.2, -0.15) is 0 Å². The van der Waals surface area contributed by atoms with Crippen LogP contribution in [0.15, 0.2) is 30.0 Å². The number of aromatic hydroxyl groups is 1. The minimum Gasteiger partial charge on any atom is -0.508 e. The number of hydrogen-bond donors (Lipinski definition) is 3. The van der Waals surface area contributed by atoms with Crippen LogP contribution in [-0.2, 0) is 4.79 Å². The molecule has 0 spiro atoms. The first kappa shape index (κ1) is 11.7. The van der Waals surface area contributed by atoms with Gasteiger partial charge in [-0.3, -0.25) is 0 Å². The lowest BCUT2D eigenvalue weighted by molar-refractivity contribution is -0.131. The van der Waals surface area contributed by atoms with E-state index in [9.17, 15) is 9.90 Å². The van der Waals surface area contributed by atoms with E-state index in [1.807, 2.05) is 0 Å². The number of hydrogen-bond acceptors (Lipinski definition) is 4. The largest absolute Gasteiger partial charge is 0.508 e. The molecule has 0 atom stereocenters. The molecule has 1 rings (SSSR count). The van der Waals surface area contributed by atoms with Crippen LogP contribution in [0.25, 0.3) is 5.70 Å². The van der Waals surface area contributed by atoms with Crippen LogP contribution < -0.4 is 10.5 Å². The lowest BCUT2D eigenvalue weighted by Crippen LogP contribution is -1.96. The van der Waals surface area contributed by atoms with Crippen molar-refractivity contribution in [2.75, 3.05) is 7.11 Å². The number of carbonyl (C=O) groups is 1. The number of rotatable bonds is 3. The van der Waals surface area contributed by atoms with Crippen molar-refractivity contribution >= 4 is 11.7 Å². The minimum atomic E-state index is -1.14. The van der Waals surface area contributed by atoms with E-state index in [0.29, 0.717) is 11.3 Å². The Kier molecular flexibility index (Phi) is 3.58. The van der Waals surface area contributed by atoms with Gasteiger partial charge in [0, 0.05) is 11.6 Å². The summed E-state index contributed by atoms with van der Waals surface area (Å²) >= 11 is 0. The molecule has 4 N–H and O–H groups in total. The van der Waals surface area contributed by atoms with E-state index in [4.69, 9.17) is 15.6 Å². The second-order valence-corrected chi connectivity index (χ2v) is 2.96. The highest BCUT2D eigenvalue weighted by Crippen LogP contribution is 2.23. The Balaban J connectivity index is 3.18. The summed E-state index contributed by atoms with van der Waals surface area (Å²) in [5, 5.41) is 17.8. The maximum absolute atomic E-state index is 10.3. The maximum Gasteiger partial charge on any atom is 0.336 e. The molecule has 0 aliphatic heterocycles. The Morgan fingerprint density at radius 1 is 1.50 bits per heavy atom. The predicted octanol–water partition coefficient (Wildman–Crippen LogP) is 0.940. The molecular formula is C11H11NO4. The van der Waals surface area contributed by atoms with Crippen molar-refractivity contribution in [3.8, 4) is 11.5 Å². The van der Waals surface area contributed by atoms with E-state index in [1.165, 1.54) is 19.2 Å². The van der Waals surface area contributed by atoms with Gasteiger partial charge >= 0.3 is 5.97 Å². The Bertz CT molecular complexity index is 473. The fourth-order valence-electron chi connectivity index (χ4n) is 1.08. The van der Waals surface area contributed by atoms with E-state index < -0.39 is 5.97 Å². The molecule has 0 fully saturated rings. The Morgan fingerprint density at radius 3 is 2.75 bits per heavy atom. The van der Waals surface area contributed by atoms with Gasteiger partial charge in [0.1, 0.15) is 11.5 Å². The van der Waals surface area contributed by atoms with E-state index in [2.05, 4.69) is 5.73 Å². The van der Waals surface area contributed by atoms with Gasteiger partial charge in [-0.1, -0.05) is 5.73 Å². The van der Waals surface area contributed by atoms with Gasteiger partial charge in [0.25, 0.3) is 0 Å². The number of carboxylic acid groups (broad SMARTS) is 1. The number of aliphatic carboxylic acids is 1. The lowest BCUT2D eigenvalue weighted by Gasteiger charge is -2.04. The molecule has 0 radical (unpaired) electrons. The van der Waals surface area contributed by atoms with Crippen molar-refractivity contribution in [3.63, 3.8) is 0 Å². The molecule has 0 unspecified atom stereocenters. The van der Waals surface area contributed by atoms with E-state index in [1.54, 1.807) is 6.07 Å². The van der Waals surface area contributed by atoms with Crippen LogP contribution in [-0.4, -0.2) is 23.3 Å². The van der Waals surface area contributed by atoms with E-state index in [0.717, 1.165) is 6.08 Å². The molecule has 16 heavy (non-hydrogen) atoms. The Morgan fingerprint density at radius 2 is 2.19 bits per heavy atom. The third kappa shape index (κ3) is 3.08. The molecular weight excluding hydrogens is 210 g/mol. The quantitative estimate of drug-likeness (QED) is 0.521. The summed E-state index contributed by atoms with van der Waals surface area (Å²) in [6.45, 7) is 0. The monoisotopic (exact) mass is 221 g/mol. The van der Waals surface area contributed by atoms with Crippen LogP contribution in [0.2, 0.25) is 0 Å². The summed E-state index contributed by atoms with van der Waals surface area (Å²) in [7, 11) is 1.45. The van der Waals surface area contributed by atoms with Crippen LogP contribution in [0.3, 0.4) is 0 Å². The normalized spacial score (nSPS) is 9.06. The van der Waals surface area contributed by atoms with Crippen LogP contribution in [0.5, 0.6) is 11.5 Å². The van der Waals surface area contributed by atoms with Gasteiger partial charge in [0.2, 0.25) is 0 Å². The molecule has 0 aliphatic carbocycles. The zero-order valence-corrected chi connectivity index (χ0v) is 8.60. The number of methoxy groups -OCH3 is 1. The first-order valence-corrected chi connectivity index (χ1v) is 4.36. The highest BCUT2D eigenvalue weighted by atomic mass is 16.5. The van der Waals surface area contributed by atoms with Crippen LogP contribution >= 0.6 is 0 Å². The Labute approximate surface area is 92.1 Å². The molecule has 1 aromatic rings. The fraction of sp³-hybridized carbons (Fsp3) is 0.0909. The molecule has 84 valence electrons. The van der Waals surface area contributed by atoms with Gasteiger partial charge in [-0.25, -0.2) is 4.79 Å². The standard InChI is InChI=1S/C11H11NO4/c1-16-9-5-7(4-8(13)6-9)10(12)2-3-11(14)15/h3-6,13H,12H2,1H3,(H,14,15). The number of ether oxygens (including phenoxy) is 1. The van der Waals surface area contributed by atoms with Gasteiger partial charge in [0.15, 0.2) is 0 Å². The van der Waals surface area contributed by atoms with Crippen molar-refractivity contribution in [3.05, 3.63) is 35.6 Å². The summed E-state index contributed by atoms with van der Waals surface area (Å²) in [4.78, 5) is 10.3. The van der Waals surface area contributed by atoms with Crippen molar-refractivity contribution in [2.24, 2.45) is 5.73 Å². The Hall–Kier alpha value is -2.39. The molecule has 0 bridgehead atoms. The summed E-state index contributed by atoms with van der Waals surface area (Å²) in [6.07, 6.45) is 0.797. The number of phenolic OH excluding ortho intramolecular Hbond substituents is 1. The van der Waals surface area contributed by atoms with Crippen molar-refractivity contribution in [1.82, 2.24) is 0 Å². The van der Waals surface area contributed by atoms with Crippen molar-refractivity contribution in [1.29, 1.82) is 0 Å². The van der Waals surface area contributed by atoms with Gasteiger partial charge in [-0.05, 0) is 12.1 Å². The molecule has 0 saturated carbocycles. The summed E-state index contributed by atoms with van der Waals surface area (Å²) < 4.78 is 4.93. The average molecular weight is 221 g/mol. The molecule has 5 nitrogen and oxygen atoms in total. The van der Waals surface area contributed by atoms with Crippen LogP contribution in [0.1, 0.15) is 5.56 Å². The molecule has 0 aliphatic rings. The van der Waals surface area contributed by atoms with Gasteiger partial charge < -0.3 is 20.7 Å². The molecule has 0 aromatic heterocycles. The minimum absolute atomic E-state index is 0.0191. The smallest absolute Gasteiger partial charge is 0.336 e. The third-order valence-electron chi connectivity index (χ3n) is 1.79. The number of nitrogens with two attached hydrogens (primary N) is 1. The van der Waals surface area contributed by atoms with Gasteiger partial charge in [0.05, 0.1) is 18.9 Å². The molecule has 1 aromatic carbocycles. The second-order valence-electron chi connectivity index (χ2n) is 2.96. The second kappa shape index (κ2) is 4.91. The van der Waals surface area contributed by atoms with E-state index >= 15 is 0 Å². The summed E-state index contributed by atoms with van der Waals surface area (Å²) in [5.74, 6) is -0.737. The summed E-state index contributed by atoms with van der Waals surface area (Å²) in [5.41, 5.74) is 8.51. The fourth-order valence-corrected chi connectivity index (χ4v) is 1.08. The highest BCUT2D eigenvalue weighted by Gasteiger charge is 2.02. The number of benzene rings is 1. The highest BCUT2D eigenvalue weighted by molar-refractivity contribution is 5.81. The van der Waals surface area contributed by atoms with Gasteiger partial charge in [-0.15, -0.1) is 0 Å². The molecule has 5 heteroatoms. The average Bonchev–Trinajstić information content (AvgIpc) is 2.24. The van der Waals surface area contributed by atoms with Crippen LogP contribution in [0.4, 0.5) is 0 Å². The third-order valence-corrected chi connectivity index (χ3v) is 1.79. The SMILES string of the molecule is COc1cc(O)cc(C(N)=C=CC(=O)O)c1. The van der Waals surface area contributed by atoms with E-state index in [-0.39, 0.29) is 11.4 Å². The van der Waals surface area contributed by atoms with Crippen molar-refractivity contribution < 1.29 is 19.7 Å². The number of carboxylic acids is 1.